The van der Waals surface area contributed by atoms with Crippen molar-refractivity contribution < 1.29 is 65.9 Å². The minimum absolute atomic E-state index is 0. The number of fused-ring (bicyclic) bond motifs is 1. The highest BCUT2D eigenvalue weighted by molar-refractivity contribution is 9.10. The van der Waals surface area contributed by atoms with E-state index < -0.39 is 81.0 Å². The molecule has 0 bridgehead atoms. The van der Waals surface area contributed by atoms with Gasteiger partial charge in [-0.3, -0.25) is 38.4 Å². The van der Waals surface area contributed by atoms with Crippen molar-refractivity contribution >= 4 is 92.0 Å². The number of benzene rings is 5. The van der Waals surface area contributed by atoms with Crippen molar-refractivity contribution in [3.05, 3.63) is 275 Å². The molecule has 0 aliphatic carbocycles. The first-order valence-corrected chi connectivity index (χ1v) is 30.3. The summed E-state index contributed by atoms with van der Waals surface area (Å²) in [4.78, 5) is 101. The third-order valence-corrected chi connectivity index (χ3v) is 15.5. The zero-order valence-corrected chi connectivity index (χ0v) is 56.6. The zero-order valence-electron chi connectivity index (χ0n) is 52.0. The van der Waals surface area contributed by atoms with Crippen molar-refractivity contribution in [1.29, 1.82) is 0 Å². The van der Waals surface area contributed by atoms with Gasteiger partial charge in [-0.2, -0.15) is 0 Å². The Balaban J connectivity index is 0.000000230. The highest BCUT2D eigenvalue weighted by atomic mass is 79.9. The van der Waals surface area contributed by atoms with Gasteiger partial charge in [0.1, 0.15) is 30.7 Å². The number of halogens is 8. The Morgan fingerprint density at radius 1 is 0.531 bits per heavy atom. The van der Waals surface area contributed by atoms with E-state index in [0.717, 1.165) is 11.1 Å². The number of aromatic hydroxyl groups is 1. The normalized spacial score (nSPS) is 10.9. The monoisotopic (exact) mass is 1470 g/mol. The number of pyridine rings is 3. The molecule has 506 valence electrons. The highest BCUT2D eigenvalue weighted by Gasteiger charge is 2.28. The Hall–Kier alpha value is -8.89. The molecule has 0 fully saturated rings. The van der Waals surface area contributed by atoms with Gasteiger partial charge >= 0.3 is 0 Å². The Bertz CT molecular complexity index is 4540. The Morgan fingerprint density at radius 2 is 0.938 bits per heavy atom. The number of rotatable bonds is 24. The van der Waals surface area contributed by atoms with E-state index in [1.54, 1.807) is 12.1 Å². The molecule has 0 atom stereocenters. The average Bonchev–Trinajstić information content (AvgIpc) is 0.788. The molecular formula is C67H62BrCl4F3N6O15. The Kier molecular flexibility index (Phi) is 28.3. The van der Waals surface area contributed by atoms with Crippen LogP contribution in [0.1, 0.15) is 83.4 Å². The van der Waals surface area contributed by atoms with Crippen molar-refractivity contribution in [3.63, 3.8) is 0 Å². The number of Topliss-reactive ketones (excluding diaryl/α,β-unsaturated/α-hetero) is 2. The first-order chi connectivity index (χ1) is 45.4. The number of hydrogen-bond acceptors (Lipinski definition) is 15. The second-order valence-electron chi connectivity index (χ2n) is 20.6. The third-order valence-electron chi connectivity index (χ3n) is 14.1. The van der Waals surface area contributed by atoms with Gasteiger partial charge in [0, 0.05) is 72.5 Å². The molecule has 0 saturated heterocycles. The summed E-state index contributed by atoms with van der Waals surface area (Å²) in [5.74, 6) is -5.14. The minimum atomic E-state index is -0.896. The number of ketones is 2. The molecule has 3 N–H and O–H groups in total. The minimum Gasteiger partial charge on any atom is -0.503 e. The quantitative estimate of drug-likeness (QED) is 0.0375. The zero-order chi connectivity index (χ0) is 69.2. The molecule has 0 unspecified atom stereocenters. The summed E-state index contributed by atoms with van der Waals surface area (Å²) >= 11 is 20.7. The van der Waals surface area contributed by atoms with Crippen LogP contribution >= 0.6 is 63.1 Å². The lowest BCUT2D eigenvalue weighted by Crippen LogP contribution is -2.34. The number of carbonyl (C=O) groups excluding carboxylic acids is 4. The molecule has 2 amide bonds. The van der Waals surface area contributed by atoms with E-state index in [1.165, 1.54) is 146 Å². The maximum Gasteiger partial charge on any atom is 0.279 e. The van der Waals surface area contributed by atoms with Crippen LogP contribution in [0.2, 0.25) is 15.1 Å². The van der Waals surface area contributed by atoms with Gasteiger partial charge in [0.25, 0.3) is 17.4 Å². The molecule has 9 rings (SSSR count). The number of carbonyl (C=O) groups is 4. The first-order valence-electron chi connectivity index (χ1n) is 28.4. The average molecular weight is 1470 g/mol. The standard InChI is InChI=1S/C26H26ClFN2O6.C24H23BrClFN2O5.C17H12ClFN2O4.ClH/c1-16(31)19-13-30(14-22(34-2)35-3)23(25(24(19)32)36-15-17-7-5-4-6-8-17)26(33)29-12-18-9-10-21(28)20(27)11-18;1-32-20(33-2)13-29-12-17(25)22(30)23(34-14-15-6-4-3-5-7-15)21(29)24(31)28-11-16-8-9-19(27)18(26)10-16;1-9(22)11-8-20-4-5-21(17(25)14(20)16(24)15(11)23)7-10-2-3-13(19)12(18)6-10;/h4-11,13,22H,12,14-15H2,1-3H3,(H,29,33);3-10,12,20H,11,13-14H2,1-2H3,(H,28,31);2-6,8,24H,7H2,1H3;1H. The highest BCUT2D eigenvalue weighted by Crippen LogP contribution is 2.25. The smallest absolute Gasteiger partial charge is 0.279 e. The van der Waals surface area contributed by atoms with E-state index in [1.807, 2.05) is 48.5 Å². The van der Waals surface area contributed by atoms with Crippen LogP contribution in [0.25, 0.3) is 5.52 Å². The molecule has 0 spiro atoms. The summed E-state index contributed by atoms with van der Waals surface area (Å²) in [6.07, 6.45) is 5.38. The maximum atomic E-state index is 13.5. The summed E-state index contributed by atoms with van der Waals surface area (Å²) in [7, 11) is 5.79. The summed E-state index contributed by atoms with van der Waals surface area (Å²) < 4.78 is 78.6. The van der Waals surface area contributed by atoms with Crippen LogP contribution < -0.4 is 42.0 Å². The number of ether oxygens (including phenoxy) is 6. The van der Waals surface area contributed by atoms with Gasteiger partial charge in [-0.25, -0.2) is 13.2 Å². The molecule has 0 aliphatic rings. The molecule has 0 radical (unpaired) electrons. The van der Waals surface area contributed by atoms with Crippen LogP contribution in [0.15, 0.2) is 170 Å². The molecule has 5 aromatic carbocycles. The number of hydrogen-bond donors (Lipinski definition) is 3. The van der Waals surface area contributed by atoms with Crippen LogP contribution in [0.4, 0.5) is 13.2 Å². The van der Waals surface area contributed by atoms with Crippen molar-refractivity contribution in [3.8, 4) is 17.2 Å². The molecule has 0 aliphatic heterocycles. The maximum absolute atomic E-state index is 13.5. The topological polar surface area (TPSA) is 255 Å². The molecule has 21 nitrogen and oxygen atoms in total. The van der Waals surface area contributed by atoms with Crippen LogP contribution in [-0.2, 0) is 64.9 Å². The Morgan fingerprint density at radius 3 is 1.36 bits per heavy atom. The lowest BCUT2D eigenvalue weighted by molar-refractivity contribution is -0.111. The van der Waals surface area contributed by atoms with Gasteiger partial charge in [-0.05, 0) is 94.0 Å². The van der Waals surface area contributed by atoms with Crippen LogP contribution in [0.5, 0.6) is 17.2 Å². The fraction of sp³-hybridized carbons (Fsp3) is 0.224. The number of amides is 2. The van der Waals surface area contributed by atoms with E-state index in [0.29, 0.717) is 16.7 Å². The van der Waals surface area contributed by atoms with Gasteiger partial charge in [-0.15, -0.1) is 12.4 Å². The number of aromatic nitrogens is 4. The van der Waals surface area contributed by atoms with Crippen molar-refractivity contribution in [2.45, 2.75) is 72.4 Å². The van der Waals surface area contributed by atoms with Crippen molar-refractivity contribution in [2.24, 2.45) is 0 Å². The molecule has 29 heteroatoms. The fourth-order valence-corrected chi connectivity index (χ4v) is 10.2. The molecule has 96 heavy (non-hydrogen) atoms. The second kappa shape index (κ2) is 35.7. The largest absolute Gasteiger partial charge is 0.503 e. The lowest BCUT2D eigenvalue weighted by atomic mass is 10.1. The third kappa shape index (κ3) is 19.6. The lowest BCUT2D eigenvalue weighted by Gasteiger charge is -2.22. The van der Waals surface area contributed by atoms with E-state index in [2.05, 4.69) is 26.6 Å². The van der Waals surface area contributed by atoms with Crippen LogP contribution in [-0.4, -0.2) is 87.6 Å². The van der Waals surface area contributed by atoms with E-state index in [4.69, 9.17) is 63.2 Å². The van der Waals surface area contributed by atoms with Gasteiger partial charge in [0.15, 0.2) is 58.3 Å². The summed E-state index contributed by atoms with van der Waals surface area (Å²) in [5, 5.41) is 15.3. The van der Waals surface area contributed by atoms with E-state index in [-0.39, 0.29) is 117 Å². The van der Waals surface area contributed by atoms with Gasteiger partial charge in [0.2, 0.25) is 16.3 Å². The van der Waals surface area contributed by atoms with E-state index >= 15 is 0 Å². The van der Waals surface area contributed by atoms with Crippen molar-refractivity contribution in [2.75, 3.05) is 28.4 Å². The molecule has 4 heterocycles. The fourth-order valence-electron chi connectivity index (χ4n) is 9.14. The van der Waals surface area contributed by atoms with Crippen molar-refractivity contribution in [1.82, 2.24) is 28.7 Å². The number of nitrogens with one attached hydrogen (secondary N) is 2. The second-order valence-corrected chi connectivity index (χ2v) is 22.7. The number of methoxy groups -OCH3 is 4. The predicted molar refractivity (Wildman–Crippen MR) is 359 cm³/mol. The first kappa shape index (κ1) is 76.1. The van der Waals surface area contributed by atoms with Crippen LogP contribution in [0, 0.1) is 17.5 Å². The van der Waals surface area contributed by atoms with Crippen LogP contribution in [0.3, 0.4) is 0 Å². The summed E-state index contributed by atoms with van der Waals surface area (Å²) in [6, 6.07) is 30.6. The van der Waals surface area contributed by atoms with Gasteiger partial charge < -0.3 is 62.3 Å². The SMILES string of the molecule is CC(=O)c1cn2ccn(Cc3ccc(F)c(Cl)c3)c(=O)c2c(O)c1=O.COC(Cn1cc(Br)c(=O)c(OCc2ccccc2)c1C(=O)NCc1ccc(F)c(Cl)c1)OC.COC(Cn1cc(C(C)=O)c(=O)c(OCc2ccccc2)c1C(=O)NCc1ccc(F)c(Cl)c1)OC.Cl. The van der Waals surface area contributed by atoms with E-state index in [9.17, 15) is 56.6 Å². The van der Waals surface area contributed by atoms with Gasteiger partial charge in [-0.1, -0.05) is 114 Å². The van der Waals surface area contributed by atoms with Gasteiger partial charge in [0.05, 0.1) is 50.3 Å². The summed E-state index contributed by atoms with van der Waals surface area (Å²) in [6.45, 7) is 2.74. The summed E-state index contributed by atoms with van der Waals surface area (Å²) in [5.41, 5.74) is -0.155. The molecule has 0 saturated carbocycles. The number of nitrogens with zero attached hydrogens (tertiary/aromatic N) is 4. The molecule has 9 aromatic rings. The predicted octanol–water partition coefficient (Wildman–Crippen LogP) is 11.1. The Labute approximate surface area is 575 Å². The molecule has 4 aromatic heterocycles. The molecular weight excluding hydrogens is 1410 g/mol.